The van der Waals surface area contributed by atoms with Crippen LogP contribution in [0, 0.1) is 22.0 Å². The highest BCUT2D eigenvalue weighted by molar-refractivity contribution is 6.07. The fourth-order valence-electron chi connectivity index (χ4n) is 5.17. The molecule has 0 saturated carbocycles. The average Bonchev–Trinajstić information content (AvgIpc) is 2.78. The number of fused-ring (bicyclic) bond motifs is 3. The molecule has 170 valence electrons. The van der Waals surface area contributed by atoms with Crippen LogP contribution in [0.15, 0.2) is 40.5 Å². The second-order valence-corrected chi connectivity index (χ2v) is 8.66. The lowest BCUT2D eigenvalue weighted by atomic mass is 9.75. The molecule has 0 amide bonds. The molecule has 32 heavy (non-hydrogen) atoms. The summed E-state index contributed by atoms with van der Waals surface area (Å²) in [6.45, 7) is 6.14. The van der Waals surface area contributed by atoms with Gasteiger partial charge in [-0.1, -0.05) is 12.1 Å². The molecule has 3 atom stereocenters. The predicted molar refractivity (Wildman–Crippen MR) is 116 cm³/mol. The van der Waals surface area contributed by atoms with Crippen LogP contribution < -0.4 is 0 Å². The van der Waals surface area contributed by atoms with Crippen molar-refractivity contribution in [2.75, 3.05) is 26.7 Å². The number of non-ortho nitro benzene ring substituents is 1. The second kappa shape index (κ2) is 8.82. The predicted octanol–water partition coefficient (Wildman–Crippen LogP) is 2.85. The van der Waals surface area contributed by atoms with Gasteiger partial charge >= 0.3 is 11.9 Å². The highest BCUT2D eigenvalue weighted by atomic mass is 16.6. The molecule has 9 nitrogen and oxygen atoms in total. The van der Waals surface area contributed by atoms with Gasteiger partial charge in [-0.3, -0.25) is 24.8 Å². The molecule has 5 rings (SSSR count). The van der Waals surface area contributed by atoms with E-state index in [0.717, 1.165) is 25.9 Å². The second-order valence-electron chi connectivity index (χ2n) is 8.66. The molecule has 4 aliphatic rings. The number of hydrogen-bond donors (Lipinski definition) is 0. The van der Waals surface area contributed by atoms with Gasteiger partial charge in [0.1, 0.15) is 12.0 Å². The Morgan fingerprint density at radius 3 is 2.53 bits per heavy atom. The highest BCUT2D eigenvalue weighted by Gasteiger charge is 2.44. The number of ether oxygens (including phenoxy) is 2. The first-order chi connectivity index (χ1) is 15.3. The van der Waals surface area contributed by atoms with Crippen LogP contribution in [0.1, 0.15) is 38.2 Å². The first-order valence-corrected chi connectivity index (χ1v) is 10.8. The standard InChI is InChI=1S/C23H27N3O6/c1-13-19(22(27)31-3)21(16-5-4-6-17(11-16)26(29)30)20(14(2)24-13)23(28)32-18-12-25-9-7-15(18)8-10-25/h4-6,11,15,18-19,21H,7-10,12H2,1-3H3. The van der Waals surface area contributed by atoms with E-state index < -0.39 is 28.7 Å². The monoisotopic (exact) mass is 441 g/mol. The maximum atomic E-state index is 13.5. The van der Waals surface area contributed by atoms with E-state index in [0.29, 0.717) is 29.4 Å². The van der Waals surface area contributed by atoms with Crippen LogP contribution in [-0.2, 0) is 19.1 Å². The van der Waals surface area contributed by atoms with E-state index in [4.69, 9.17) is 9.47 Å². The van der Waals surface area contributed by atoms with Crippen molar-refractivity contribution in [1.82, 2.24) is 4.90 Å². The first-order valence-electron chi connectivity index (χ1n) is 10.8. The minimum absolute atomic E-state index is 0.117. The molecule has 0 N–H and O–H groups in total. The van der Waals surface area contributed by atoms with E-state index in [1.54, 1.807) is 26.0 Å². The van der Waals surface area contributed by atoms with E-state index in [2.05, 4.69) is 9.89 Å². The first kappa shape index (κ1) is 22.1. The maximum Gasteiger partial charge on any atom is 0.336 e. The third-order valence-corrected chi connectivity index (χ3v) is 6.80. The molecule has 1 aromatic rings. The molecular weight excluding hydrogens is 414 g/mol. The van der Waals surface area contributed by atoms with E-state index in [9.17, 15) is 19.7 Å². The summed E-state index contributed by atoms with van der Waals surface area (Å²) in [5, 5.41) is 11.4. The number of carbonyl (C=O) groups excluding carboxylic acids is 2. The number of carbonyl (C=O) groups is 2. The van der Waals surface area contributed by atoms with Gasteiger partial charge in [0.2, 0.25) is 0 Å². The van der Waals surface area contributed by atoms with Gasteiger partial charge < -0.3 is 9.47 Å². The number of benzene rings is 1. The summed E-state index contributed by atoms with van der Waals surface area (Å²) in [4.78, 5) is 43.8. The maximum absolute atomic E-state index is 13.5. The summed E-state index contributed by atoms with van der Waals surface area (Å²) in [7, 11) is 1.27. The number of rotatable bonds is 5. The molecule has 0 spiro atoms. The number of aliphatic imine (C=N–C) groups is 1. The van der Waals surface area contributed by atoms with Crippen molar-refractivity contribution in [1.29, 1.82) is 0 Å². The zero-order chi connectivity index (χ0) is 23.0. The Labute approximate surface area is 186 Å². The van der Waals surface area contributed by atoms with E-state index in [1.165, 1.54) is 19.2 Å². The Balaban J connectivity index is 1.73. The van der Waals surface area contributed by atoms with Crippen molar-refractivity contribution in [2.45, 2.75) is 38.7 Å². The lowest BCUT2D eigenvalue weighted by Gasteiger charge is -2.44. The molecule has 3 unspecified atom stereocenters. The van der Waals surface area contributed by atoms with Crippen LogP contribution in [-0.4, -0.2) is 60.3 Å². The largest absolute Gasteiger partial charge is 0.468 e. The van der Waals surface area contributed by atoms with Crippen LogP contribution in [0.2, 0.25) is 0 Å². The number of hydrogen-bond acceptors (Lipinski definition) is 8. The Hall–Kier alpha value is -3.07. The van der Waals surface area contributed by atoms with Crippen molar-refractivity contribution < 1.29 is 24.0 Å². The average molecular weight is 441 g/mol. The summed E-state index contributed by atoms with van der Waals surface area (Å²) in [5.74, 6) is -2.41. The number of nitro groups is 1. The van der Waals surface area contributed by atoms with E-state index in [1.807, 2.05) is 0 Å². The summed E-state index contributed by atoms with van der Waals surface area (Å²) in [6, 6.07) is 6.01. The number of nitro benzene ring substituents is 1. The molecule has 3 saturated heterocycles. The van der Waals surface area contributed by atoms with Gasteiger partial charge in [-0.2, -0.15) is 0 Å². The zero-order valence-corrected chi connectivity index (χ0v) is 18.4. The van der Waals surface area contributed by atoms with Gasteiger partial charge in [-0.25, -0.2) is 4.79 Å². The van der Waals surface area contributed by atoms with E-state index >= 15 is 0 Å². The molecule has 9 heteroatoms. The third-order valence-electron chi connectivity index (χ3n) is 6.80. The molecule has 0 aliphatic carbocycles. The molecule has 0 aromatic heterocycles. The van der Waals surface area contributed by atoms with Gasteiger partial charge in [0.05, 0.1) is 17.6 Å². The van der Waals surface area contributed by atoms with Crippen LogP contribution >= 0.6 is 0 Å². The molecule has 3 fully saturated rings. The molecule has 0 radical (unpaired) electrons. The summed E-state index contributed by atoms with van der Waals surface area (Å²) < 4.78 is 11.0. The van der Waals surface area contributed by atoms with Crippen LogP contribution in [0.5, 0.6) is 0 Å². The SMILES string of the molecule is COC(=O)C1C(C)=NC(C)=C(C(=O)OC2CN3CCC2CC3)C1c1cccc([N+](=O)[O-])c1. The zero-order valence-electron chi connectivity index (χ0n) is 18.4. The lowest BCUT2D eigenvalue weighted by molar-refractivity contribution is -0.384. The summed E-state index contributed by atoms with van der Waals surface area (Å²) in [6.07, 6.45) is 1.78. The fourth-order valence-corrected chi connectivity index (χ4v) is 5.17. The summed E-state index contributed by atoms with van der Waals surface area (Å²) in [5.41, 5.74) is 1.55. The third kappa shape index (κ3) is 4.04. The number of esters is 2. The Morgan fingerprint density at radius 2 is 1.94 bits per heavy atom. The number of allylic oxidation sites excluding steroid dienone is 1. The topological polar surface area (TPSA) is 111 Å². The number of methoxy groups -OCH3 is 1. The number of piperidine rings is 3. The quantitative estimate of drug-likeness (QED) is 0.392. The highest BCUT2D eigenvalue weighted by Crippen LogP contribution is 2.41. The fraction of sp³-hybridized carbons (Fsp3) is 0.522. The van der Waals surface area contributed by atoms with Crippen LogP contribution in [0.3, 0.4) is 0 Å². The Bertz CT molecular complexity index is 1010. The van der Waals surface area contributed by atoms with Crippen molar-refractivity contribution >= 4 is 23.3 Å². The smallest absolute Gasteiger partial charge is 0.336 e. The molecule has 1 aromatic carbocycles. The normalized spacial score (nSPS) is 29.3. The minimum Gasteiger partial charge on any atom is -0.468 e. The van der Waals surface area contributed by atoms with Gasteiger partial charge in [-0.05, 0) is 51.3 Å². The van der Waals surface area contributed by atoms with Gasteiger partial charge in [-0.15, -0.1) is 0 Å². The van der Waals surface area contributed by atoms with Gasteiger partial charge in [0.25, 0.3) is 5.69 Å². The molecule has 4 heterocycles. The van der Waals surface area contributed by atoms with Gasteiger partial charge in [0.15, 0.2) is 0 Å². The van der Waals surface area contributed by atoms with Crippen molar-refractivity contribution in [2.24, 2.45) is 16.8 Å². The lowest BCUT2D eigenvalue weighted by Crippen LogP contribution is -2.52. The van der Waals surface area contributed by atoms with Gasteiger partial charge in [0, 0.05) is 36.0 Å². The molecular formula is C23H27N3O6. The van der Waals surface area contributed by atoms with Crippen LogP contribution in [0.25, 0.3) is 0 Å². The van der Waals surface area contributed by atoms with Crippen molar-refractivity contribution in [3.8, 4) is 0 Å². The Morgan fingerprint density at radius 1 is 1.22 bits per heavy atom. The van der Waals surface area contributed by atoms with Crippen LogP contribution in [0.4, 0.5) is 5.69 Å². The number of nitrogens with zero attached hydrogens (tertiary/aromatic N) is 3. The Kier molecular flexibility index (Phi) is 6.10. The molecule has 4 aliphatic heterocycles. The minimum atomic E-state index is -0.875. The van der Waals surface area contributed by atoms with E-state index in [-0.39, 0.29) is 17.4 Å². The van der Waals surface area contributed by atoms with Crippen molar-refractivity contribution in [3.05, 3.63) is 51.2 Å². The summed E-state index contributed by atoms with van der Waals surface area (Å²) >= 11 is 0. The molecule has 2 bridgehead atoms. The van der Waals surface area contributed by atoms with Crippen molar-refractivity contribution in [3.63, 3.8) is 0 Å².